The largest absolute Gasteiger partial charge is 0.350 e. The molecule has 0 aliphatic heterocycles. The first-order chi connectivity index (χ1) is 8.17. The maximum atomic E-state index is 11.8. The molecule has 1 rings (SSSR count). The molecule has 3 nitrogen and oxygen atoms in total. The Morgan fingerprint density at radius 2 is 2.41 bits per heavy atom. The average molecular weight is 250 g/mol. The summed E-state index contributed by atoms with van der Waals surface area (Å²) in [6.07, 6.45) is 2.06. The van der Waals surface area contributed by atoms with Crippen LogP contribution in [0.5, 0.6) is 0 Å². The van der Waals surface area contributed by atoms with Gasteiger partial charge in [0.25, 0.3) is 5.91 Å². The third kappa shape index (κ3) is 4.59. The van der Waals surface area contributed by atoms with Gasteiger partial charge in [0, 0.05) is 11.4 Å². The normalized spacial score (nSPS) is 11.5. The molecule has 0 spiro atoms. The van der Waals surface area contributed by atoms with E-state index >= 15 is 0 Å². The number of nitrogens with two attached hydrogens (primary N) is 1. The molecule has 0 saturated heterocycles. The topological polar surface area (TPSA) is 55.1 Å². The molecule has 0 aliphatic rings. The van der Waals surface area contributed by atoms with Crippen LogP contribution in [0.25, 0.3) is 0 Å². The van der Waals surface area contributed by atoms with Crippen molar-refractivity contribution in [3.8, 4) is 11.8 Å². The van der Waals surface area contributed by atoms with Crippen LogP contribution in [-0.2, 0) is 0 Å². The molecule has 1 heterocycles. The van der Waals surface area contributed by atoms with Crippen molar-refractivity contribution in [1.29, 1.82) is 0 Å². The van der Waals surface area contributed by atoms with Crippen molar-refractivity contribution < 1.29 is 4.79 Å². The van der Waals surface area contributed by atoms with Crippen LogP contribution in [0.4, 0.5) is 0 Å². The SMILES string of the molecule is CCCC(C)NC(=O)c1csc(C#CCN)c1. The monoisotopic (exact) mass is 250 g/mol. The van der Waals surface area contributed by atoms with Gasteiger partial charge in [0.15, 0.2) is 0 Å². The maximum Gasteiger partial charge on any atom is 0.252 e. The molecule has 17 heavy (non-hydrogen) atoms. The minimum absolute atomic E-state index is 0.0250. The Bertz CT molecular complexity index is 428. The second kappa shape index (κ2) is 7.10. The van der Waals surface area contributed by atoms with E-state index in [4.69, 9.17) is 5.73 Å². The third-order valence-electron chi connectivity index (χ3n) is 2.27. The van der Waals surface area contributed by atoms with Crippen LogP contribution in [-0.4, -0.2) is 18.5 Å². The Morgan fingerprint density at radius 3 is 3.06 bits per heavy atom. The minimum Gasteiger partial charge on any atom is -0.350 e. The van der Waals surface area contributed by atoms with E-state index in [0.29, 0.717) is 12.1 Å². The molecule has 1 aromatic heterocycles. The van der Waals surface area contributed by atoms with E-state index in [0.717, 1.165) is 17.7 Å². The number of carbonyl (C=O) groups is 1. The Morgan fingerprint density at radius 1 is 1.65 bits per heavy atom. The zero-order chi connectivity index (χ0) is 12.7. The molecule has 4 heteroatoms. The summed E-state index contributed by atoms with van der Waals surface area (Å²) in [5.74, 6) is 5.67. The van der Waals surface area contributed by atoms with Gasteiger partial charge in [0.1, 0.15) is 0 Å². The number of thiophene rings is 1. The minimum atomic E-state index is -0.0250. The van der Waals surface area contributed by atoms with E-state index in [-0.39, 0.29) is 11.9 Å². The highest BCUT2D eigenvalue weighted by atomic mass is 32.1. The van der Waals surface area contributed by atoms with Gasteiger partial charge in [-0.1, -0.05) is 25.2 Å². The van der Waals surface area contributed by atoms with Gasteiger partial charge in [-0.15, -0.1) is 11.3 Å². The summed E-state index contributed by atoms with van der Waals surface area (Å²) in [5.41, 5.74) is 5.97. The molecule has 1 aromatic rings. The van der Waals surface area contributed by atoms with Crippen LogP contribution in [0.2, 0.25) is 0 Å². The van der Waals surface area contributed by atoms with Crippen molar-refractivity contribution in [2.24, 2.45) is 5.73 Å². The Hall–Kier alpha value is -1.31. The molecule has 1 unspecified atom stereocenters. The summed E-state index contributed by atoms with van der Waals surface area (Å²) in [6.45, 7) is 4.46. The zero-order valence-corrected chi connectivity index (χ0v) is 11.1. The highest BCUT2D eigenvalue weighted by Gasteiger charge is 2.10. The average Bonchev–Trinajstić information content (AvgIpc) is 2.75. The summed E-state index contributed by atoms with van der Waals surface area (Å²) in [4.78, 5) is 12.7. The zero-order valence-electron chi connectivity index (χ0n) is 10.2. The molecule has 0 aliphatic carbocycles. The van der Waals surface area contributed by atoms with Gasteiger partial charge in [-0.3, -0.25) is 4.79 Å². The van der Waals surface area contributed by atoms with Crippen LogP contribution in [0.15, 0.2) is 11.4 Å². The summed E-state index contributed by atoms with van der Waals surface area (Å²) < 4.78 is 0. The molecule has 0 radical (unpaired) electrons. The lowest BCUT2D eigenvalue weighted by molar-refractivity contribution is 0.0939. The van der Waals surface area contributed by atoms with Crippen LogP contribution in [0.1, 0.15) is 41.9 Å². The number of nitrogens with one attached hydrogen (secondary N) is 1. The molecule has 0 fully saturated rings. The first-order valence-corrected chi connectivity index (χ1v) is 6.63. The van der Waals surface area contributed by atoms with Gasteiger partial charge in [-0.25, -0.2) is 0 Å². The maximum absolute atomic E-state index is 11.8. The van der Waals surface area contributed by atoms with Gasteiger partial charge in [-0.2, -0.15) is 0 Å². The fourth-order valence-electron chi connectivity index (χ4n) is 1.47. The van der Waals surface area contributed by atoms with E-state index in [1.165, 1.54) is 11.3 Å². The number of amides is 1. The molecule has 0 saturated carbocycles. The summed E-state index contributed by atoms with van der Waals surface area (Å²) in [7, 11) is 0. The third-order valence-corrected chi connectivity index (χ3v) is 3.12. The number of hydrogen-bond donors (Lipinski definition) is 2. The fourth-order valence-corrected chi connectivity index (χ4v) is 2.23. The van der Waals surface area contributed by atoms with E-state index in [9.17, 15) is 4.79 Å². The summed E-state index contributed by atoms with van der Waals surface area (Å²) in [6, 6.07) is 2.02. The van der Waals surface area contributed by atoms with E-state index in [1.807, 2.05) is 12.3 Å². The molecule has 0 bridgehead atoms. The van der Waals surface area contributed by atoms with E-state index in [1.54, 1.807) is 6.07 Å². The van der Waals surface area contributed by atoms with Crippen molar-refractivity contribution in [1.82, 2.24) is 5.32 Å². The second-order valence-electron chi connectivity index (χ2n) is 3.87. The summed E-state index contributed by atoms with van der Waals surface area (Å²) >= 11 is 1.47. The Kier molecular flexibility index (Phi) is 5.75. The molecule has 1 atom stereocenters. The van der Waals surface area contributed by atoms with Crippen molar-refractivity contribution in [2.45, 2.75) is 32.7 Å². The highest BCUT2D eigenvalue weighted by molar-refractivity contribution is 7.10. The van der Waals surface area contributed by atoms with Crippen LogP contribution in [0.3, 0.4) is 0 Å². The standard InChI is InChI=1S/C13H18N2OS/c1-3-5-10(2)15-13(16)11-8-12(17-9-11)6-4-7-14/h8-10H,3,5,7,14H2,1-2H3,(H,15,16). The van der Waals surface area contributed by atoms with Crippen LogP contribution >= 0.6 is 11.3 Å². The van der Waals surface area contributed by atoms with Gasteiger partial charge in [0.05, 0.1) is 17.0 Å². The highest BCUT2D eigenvalue weighted by Crippen LogP contribution is 2.13. The van der Waals surface area contributed by atoms with Crippen molar-refractivity contribution >= 4 is 17.2 Å². The van der Waals surface area contributed by atoms with Crippen molar-refractivity contribution in [3.05, 3.63) is 21.9 Å². The van der Waals surface area contributed by atoms with Crippen molar-refractivity contribution in [3.63, 3.8) is 0 Å². The number of hydrogen-bond acceptors (Lipinski definition) is 3. The smallest absolute Gasteiger partial charge is 0.252 e. The quantitative estimate of drug-likeness (QED) is 0.803. The lowest BCUT2D eigenvalue weighted by Gasteiger charge is -2.11. The molecule has 1 amide bonds. The molecule has 0 aromatic carbocycles. The molecular formula is C13H18N2OS. The first kappa shape index (κ1) is 13.8. The predicted octanol–water partition coefficient (Wildman–Crippen LogP) is 1.98. The molecule has 3 N–H and O–H groups in total. The van der Waals surface area contributed by atoms with E-state index in [2.05, 4.69) is 24.1 Å². The lowest BCUT2D eigenvalue weighted by atomic mass is 10.2. The number of rotatable bonds is 4. The van der Waals surface area contributed by atoms with Crippen LogP contribution in [0, 0.1) is 11.8 Å². The molecule has 92 valence electrons. The van der Waals surface area contributed by atoms with E-state index < -0.39 is 0 Å². The Labute approximate surface area is 106 Å². The van der Waals surface area contributed by atoms with Gasteiger partial charge in [-0.05, 0) is 19.4 Å². The molecular weight excluding hydrogens is 232 g/mol. The second-order valence-corrected chi connectivity index (χ2v) is 4.78. The lowest BCUT2D eigenvalue weighted by Crippen LogP contribution is -2.32. The Balaban J connectivity index is 2.60. The fraction of sp³-hybridized carbons (Fsp3) is 0.462. The van der Waals surface area contributed by atoms with Gasteiger partial charge in [0.2, 0.25) is 0 Å². The number of carbonyl (C=O) groups excluding carboxylic acids is 1. The van der Waals surface area contributed by atoms with Gasteiger partial charge < -0.3 is 11.1 Å². The summed E-state index contributed by atoms with van der Waals surface area (Å²) in [5, 5.41) is 4.79. The predicted molar refractivity (Wildman–Crippen MR) is 72.1 cm³/mol. The van der Waals surface area contributed by atoms with Gasteiger partial charge >= 0.3 is 0 Å². The van der Waals surface area contributed by atoms with Crippen LogP contribution < -0.4 is 11.1 Å². The first-order valence-electron chi connectivity index (χ1n) is 5.75. The van der Waals surface area contributed by atoms with Crippen molar-refractivity contribution in [2.75, 3.05) is 6.54 Å².